The molecule has 2 bridgehead atoms. The summed E-state index contributed by atoms with van der Waals surface area (Å²) in [4.78, 5) is 3.52. The first-order valence-electron chi connectivity index (χ1n) is 7.10. The summed E-state index contributed by atoms with van der Waals surface area (Å²) in [5.41, 5.74) is -0.437. The van der Waals surface area contributed by atoms with Gasteiger partial charge in [-0.2, -0.15) is 0 Å². The summed E-state index contributed by atoms with van der Waals surface area (Å²) in [6, 6.07) is -0.0322. The molecule has 5 heteroatoms. The van der Waals surface area contributed by atoms with Gasteiger partial charge >= 0.3 is 0 Å². The molecule has 3 fully saturated rings. The number of nitrogens with zero attached hydrogens (tertiary/aromatic N) is 1. The molecule has 1 spiro atoms. The van der Waals surface area contributed by atoms with Crippen LogP contribution in [0.1, 0.15) is 39.0 Å². The Morgan fingerprint density at radius 1 is 1.37 bits per heavy atom. The molecule has 7 atom stereocenters. The minimum absolute atomic E-state index is 0.0104. The third-order valence-corrected chi connectivity index (χ3v) is 4.78. The van der Waals surface area contributed by atoms with E-state index in [4.69, 9.17) is 16.0 Å². The third-order valence-electron chi connectivity index (χ3n) is 4.78. The van der Waals surface area contributed by atoms with E-state index in [1.54, 1.807) is 0 Å². The van der Waals surface area contributed by atoms with Crippen LogP contribution in [0.5, 0.6) is 0 Å². The van der Waals surface area contributed by atoms with E-state index in [-0.39, 0.29) is 24.4 Å². The summed E-state index contributed by atoms with van der Waals surface area (Å²) < 4.78 is 12.1. The van der Waals surface area contributed by atoms with Crippen LogP contribution in [0.4, 0.5) is 0 Å². The molecule has 0 aromatic rings. The van der Waals surface area contributed by atoms with Crippen molar-refractivity contribution >= 4 is 0 Å². The summed E-state index contributed by atoms with van der Waals surface area (Å²) in [7, 11) is 0. The highest BCUT2D eigenvalue weighted by atomic mass is 16.6. The SMILES string of the molecule is [C-]#[N+][C@H](C)C[C@H]1CC[C@@H]2O[C@@H]3CC2(C[C@@H](O)[C@H]3O)O1. The molecule has 2 aliphatic heterocycles. The molecule has 0 aromatic heterocycles. The summed E-state index contributed by atoms with van der Waals surface area (Å²) in [5, 5.41) is 19.8. The van der Waals surface area contributed by atoms with E-state index in [1.807, 2.05) is 6.92 Å². The van der Waals surface area contributed by atoms with Crippen LogP contribution in [0.2, 0.25) is 0 Å². The average Bonchev–Trinajstić information content (AvgIpc) is 2.70. The molecule has 2 N–H and O–H groups in total. The van der Waals surface area contributed by atoms with Gasteiger partial charge in [-0.25, -0.2) is 6.57 Å². The number of aliphatic hydroxyl groups excluding tert-OH is 2. The Balaban J connectivity index is 1.73. The largest absolute Gasteiger partial charge is 0.390 e. The molecular formula is C14H21NO4. The zero-order valence-corrected chi connectivity index (χ0v) is 11.2. The number of ether oxygens (including phenoxy) is 2. The maximum Gasteiger partial charge on any atom is 0.223 e. The second-order valence-corrected chi connectivity index (χ2v) is 6.23. The molecule has 1 unspecified atom stereocenters. The lowest BCUT2D eigenvalue weighted by molar-refractivity contribution is -0.178. The fourth-order valence-corrected chi connectivity index (χ4v) is 3.82. The number of hydrogen-bond acceptors (Lipinski definition) is 4. The quantitative estimate of drug-likeness (QED) is 0.729. The van der Waals surface area contributed by atoms with Gasteiger partial charge in [-0.3, -0.25) is 0 Å². The standard InChI is InChI=1S/C14H21NO4/c1-8(15-2)5-9-3-4-12-14(19-9)6-10(16)13(17)11(7-14)18-12/h8-13,16-17H,3-7H2,1H3/t8-,9-,10-,11-,12+,13-,14?/m1/s1. The molecule has 106 valence electrons. The Hall–Kier alpha value is -0.670. The number of aliphatic hydroxyl groups is 2. The van der Waals surface area contributed by atoms with Crippen molar-refractivity contribution in [2.24, 2.45) is 0 Å². The molecule has 2 saturated heterocycles. The summed E-state index contributed by atoms with van der Waals surface area (Å²) in [6.45, 7) is 8.95. The smallest absolute Gasteiger partial charge is 0.223 e. The van der Waals surface area contributed by atoms with Crippen molar-refractivity contribution in [1.29, 1.82) is 0 Å². The van der Waals surface area contributed by atoms with E-state index in [2.05, 4.69) is 4.85 Å². The van der Waals surface area contributed by atoms with Gasteiger partial charge in [-0.15, -0.1) is 0 Å². The van der Waals surface area contributed by atoms with Crippen molar-refractivity contribution in [3.05, 3.63) is 11.4 Å². The van der Waals surface area contributed by atoms with Gasteiger partial charge in [-0.1, -0.05) is 0 Å². The van der Waals surface area contributed by atoms with E-state index in [9.17, 15) is 10.2 Å². The van der Waals surface area contributed by atoms with Gasteiger partial charge in [0.15, 0.2) is 0 Å². The Bertz CT molecular complexity index is 395. The molecule has 3 rings (SSSR count). The molecule has 19 heavy (non-hydrogen) atoms. The minimum atomic E-state index is -0.791. The van der Waals surface area contributed by atoms with Gasteiger partial charge in [0, 0.05) is 26.2 Å². The Morgan fingerprint density at radius 2 is 2.16 bits per heavy atom. The van der Waals surface area contributed by atoms with E-state index in [0.717, 1.165) is 19.3 Å². The molecule has 2 heterocycles. The van der Waals surface area contributed by atoms with Gasteiger partial charge in [-0.05, 0) is 12.8 Å². The van der Waals surface area contributed by atoms with Gasteiger partial charge in [0.1, 0.15) is 6.10 Å². The van der Waals surface area contributed by atoms with Gasteiger partial charge in [0.05, 0.1) is 30.0 Å². The topological polar surface area (TPSA) is 63.3 Å². The first kappa shape index (κ1) is 13.3. The lowest BCUT2D eigenvalue weighted by Gasteiger charge is -2.44. The Morgan fingerprint density at radius 3 is 2.89 bits per heavy atom. The van der Waals surface area contributed by atoms with Crippen molar-refractivity contribution in [3.8, 4) is 0 Å². The second-order valence-electron chi connectivity index (χ2n) is 6.23. The zero-order valence-electron chi connectivity index (χ0n) is 11.2. The molecule has 0 radical (unpaired) electrons. The molecular weight excluding hydrogens is 246 g/mol. The van der Waals surface area contributed by atoms with Crippen LogP contribution in [0, 0.1) is 6.57 Å². The monoisotopic (exact) mass is 267 g/mol. The van der Waals surface area contributed by atoms with Crippen molar-refractivity contribution < 1.29 is 19.7 Å². The number of hydrogen-bond donors (Lipinski definition) is 2. The van der Waals surface area contributed by atoms with Crippen molar-refractivity contribution in [1.82, 2.24) is 0 Å². The highest BCUT2D eigenvalue weighted by Gasteiger charge is 2.59. The molecule has 0 amide bonds. The van der Waals surface area contributed by atoms with Crippen LogP contribution in [0.15, 0.2) is 0 Å². The maximum absolute atomic E-state index is 9.95. The normalized spacial score (nSPS) is 50.3. The lowest BCUT2D eigenvalue weighted by atomic mass is 9.76. The summed E-state index contributed by atoms with van der Waals surface area (Å²) in [5.74, 6) is 0. The van der Waals surface area contributed by atoms with Crippen LogP contribution < -0.4 is 0 Å². The molecule has 5 nitrogen and oxygen atoms in total. The molecule has 1 aliphatic carbocycles. The van der Waals surface area contributed by atoms with Crippen LogP contribution in [0.25, 0.3) is 4.85 Å². The summed E-state index contributed by atoms with van der Waals surface area (Å²) >= 11 is 0. The van der Waals surface area contributed by atoms with Crippen molar-refractivity contribution in [3.63, 3.8) is 0 Å². The van der Waals surface area contributed by atoms with Gasteiger partial charge in [0.2, 0.25) is 6.04 Å². The highest BCUT2D eigenvalue weighted by molar-refractivity contribution is 5.09. The fourth-order valence-electron chi connectivity index (χ4n) is 3.82. The van der Waals surface area contributed by atoms with Crippen LogP contribution in [-0.4, -0.2) is 52.4 Å². The maximum atomic E-state index is 9.95. The van der Waals surface area contributed by atoms with E-state index < -0.39 is 17.8 Å². The minimum Gasteiger partial charge on any atom is -0.390 e. The van der Waals surface area contributed by atoms with Crippen molar-refractivity contribution in [2.45, 2.75) is 81.2 Å². The van der Waals surface area contributed by atoms with E-state index >= 15 is 0 Å². The Labute approximate surface area is 113 Å². The van der Waals surface area contributed by atoms with Gasteiger partial charge < -0.3 is 24.5 Å². The highest BCUT2D eigenvalue weighted by Crippen LogP contribution is 2.49. The van der Waals surface area contributed by atoms with Crippen LogP contribution in [0.3, 0.4) is 0 Å². The second kappa shape index (κ2) is 4.71. The lowest BCUT2D eigenvalue weighted by Crippen LogP contribution is -2.54. The first-order chi connectivity index (χ1) is 9.04. The van der Waals surface area contributed by atoms with E-state index in [0.29, 0.717) is 12.8 Å². The molecule has 3 aliphatic rings. The van der Waals surface area contributed by atoms with Crippen LogP contribution >= 0.6 is 0 Å². The van der Waals surface area contributed by atoms with E-state index in [1.165, 1.54) is 0 Å². The average molecular weight is 267 g/mol. The summed E-state index contributed by atoms with van der Waals surface area (Å²) in [6.07, 6.45) is 1.84. The number of fused-ring (bicyclic) bond motifs is 1. The van der Waals surface area contributed by atoms with Crippen LogP contribution in [-0.2, 0) is 9.47 Å². The number of rotatable bonds is 2. The fraction of sp³-hybridized carbons (Fsp3) is 0.929. The molecule has 1 saturated carbocycles. The third kappa shape index (κ3) is 2.17. The molecule has 0 aromatic carbocycles. The van der Waals surface area contributed by atoms with Gasteiger partial charge in [0.25, 0.3) is 0 Å². The first-order valence-corrected chi connectivity index (χ1v) is 7.10. The zero-order chi connectivity index (χ0) is 13.6. The Kier molecular flexibility index (Phi) is 3.30. The van der Waals surface area contributed by atoms with Crippen molar-refractivity contribution in [2.75, 3.05) is 0 Å². The predicted molar refractivity (Wildman–Crippen MR) is 67.4 cm³/mol. The predicted octanol–water partition coefficient (Wildman–Crippen LogP) is 0.885.